The Morgan fingerprint density at radius 1 is 0.976 bits per heavy atom. The maximum atomic E-state index is 13.6. The number of β-amino-alcohol motifs (C(OH)–C–C–N with tert-alkyl or cyclic N) is 1. The number of hydrogen-bond donors (Lipinski definition) is 3. The van der Waals surface area contributed by atoms with Crippen molar-refractivity contribution in [3.8, 4) is 0 Å². The van der Waals surface area contributed by atoms with Gasteiger partial charge in [-0.2, -0.15) is 4.31 Å². The van der Waals surface area contributed by atoms with Crippen LogP contribution in [0.1, 0.15) is 28.8 Å². The summed E-state index contributed by atoms with van der Waals surface area (Å²) in [5, 5.41) is 17.4. The number of carbonyl (C=O) groups excluding carboxylic acids is 2. The minimum atomic E-state index is -3.90. The van der Waals surface area contributed by atoms with E-state index in [2.05, 4.69) is 20.6 Å². The molecule has 3 heterocycles. The molecule has 41 heavy (non-hydrogen) atoms. The van der Waals surface area contributed by atoms with Gasteiger partial charge in [-0.15, -0.1) is 0 Å². The number of nitrogens with zero attached hydrogens (tertiary/aromatic N) is 3. The van der Waals surface area contributed by atoms with Crippen molar-refractivity contribution in [1.29, 1.82) is 0 Å². The molecule has 2 aromatic heterocycles. The number of aliphatic hydroxyl groups excluding tert-OH is 1. The van der Waals surface area contributed by atoms with Crippen LogP contribution in [-0.2, 0) is 21.2 Å². The van der Waals surface area contributed by atoms with Crippen LogP contribution in [0.5, 0.6) is 0 Å². The molecule has 0 spiro atoms. The summed E-state index contributed by atoms with van der Waals surface area (Å²) in [6.45, 7) is -0.00592. The fourth-order valence-electron chi connectivity index (χ4n) is 4.93. The zero-order chi connectivity index (χ0) is 28.8. The maximum absolute atomic E-state index is 13.6. The zero-order valence-electron chi connectivity index (χ0n) is 22.3. The van der Waals surface area contributed by atoms with Crippen molar-refractivity contribution in [3.63, 3.8) is 0 Å². The SMILES string of the molecule is O=C(NC(Cc1ccccc1)C(=O)NC1CCCN(S(=O)(=O)c2ccccn2)CC1O)c1ccc2ncccc2c1. The van der Waals surface area contributed by atoms with Crippen molar-refractivity contribution in [2.45, 2.75) is 42.5 Å². The quantitative estimate of drug-likeness (QED) is 0.294. The van der Waals surface area contributed by atoms with E-state index in [1.807, 2.05) is 36.4 Å². The second-order valence-electron chi connectivity index (χ2n) is 9.98. The highest BCUT2D eigenvalue weighted by molar-refractivity contribution is 7.89. The second kappa shape index (κ2) is 12.5. The Morgan fingerprint density at radius 3 is 2.54 bits per heavy atom. The summed E-state index contributed by atoms with van der Waals surface area (Å²) in [5.41, 5.74) is 2.00. The fraction of sp³-hybridized carbons (Fsp3) is 0.267. The summed E-state index contributed by atoms with van der Waals surface area (Å²) < 4.78 is 27.4. The van der Waals surface area contributed by atoms with Gasteiger partial charge < -0.3 is 15.7 Å². The van der Waals surface area contributed by atoms with E-state index >= 15 is 0 Å². The Hall–Kier alpha value is -4.19. The van der Waals surface area contributed by atoms with Gasteiger partial charge in [-0.3, -0.25) is 14.6 Å². The fourth-order valence-corrected chi connectivity index (χ4v) is 6.35. The summed E-state index contributed by atoms with van der Waals surface area (Å²) in [7, 11) is -3.90. The first kappa shape index (κ1) is 28.3. The van der Waals surface area contributed by atoms with Gasteiger partial charge in [0.05, 0.1) is 17.7 Å². The molecule has 5 rings (SSSR count). The molecule has 0 saturated carbocycles. The molecule has 3 unspecified atom stereocenters. The average Bonchev–Trinajstić information content (AvgIpc) is 3.18. The molecule has 4 aromatic rings. The summed E-state index contributed by atoms with van der Waals surface area (Å²) in [6, 6.07) is 21.1. The van der Waals surface area contributed by atoms with E-state index in [-0.39, 0.29) is 24.5 Å². The average molecular weight is 574 g/mol. The van der Waals surface area contributed by atoms with E-state index < -0.39 is 40.0 Å². The van der Waals surface area contributed by atoms with Crippen molar-refractivity contribution in [3.05, 3.63) is 102 Å². The third-order valence-electron chi connectivity index (χ3n) is 7.12. The van der Waals surface area contributed by atoms with E-state index in [1.54, 1.807) is 42.6 Å². The third-order valence-corrected chi connectivity index (χ3v) is 8.90. The number of amides is 2. The van der Waals surface area contributed by atoms with E-state index in [4.69, 9.17) is 0 Å². The number of carbonyl (C=O) groups is 2. The first-order valence-corrected chi connectivity index (χ1v) is 14.8. The first-order chi connectivity index (χ1) is 19.8. The van der Waals surface area contributed by atoms with Crippen LogP contribution < -0.4 is 10.6 Å². The molecule has 2 amide bonds. The second-order valence-corrected chi connectivity index (χ2v) is 11.9. The van der Waals surface area contributed by atoms with Crippen molar-refractivity contribution >= 4 is 32.7 Å². The predicted octanol–water partition coefficient (Wildman–Crippen LogP) is 2.30. The summed E-state index contributed by atoms with van der Waals surface area (Å²) in [6.07, 6.45) is 2.95. The highest BCUT2D eigenvalue weighted by Crippen LogP contribution is 2.20. The van der Waals surface area contributed by atoms with Gasteiger partial charge in [-0.05, 0) is 54.8 Å². The highest BCUT2D eigenvalue weighted by Gasteiger charge is 2.35. The number of hydrogen-bond acceptors (Lipinski definition) is 7. The number of fused-ring (bicyclic) bond motifs is 1. The smallest absolute Gasteiger partial charge is 0.260 e. The van der Waals surface area contributed by atoms with Crippen molar-refractivity contribution in [2.24, 2.45) is 0 Å². The molecule has 1 aliphatic rings. The minimum Gasteiger partial charge on any atom is -0.390 e. The summed E-state index contributed by atoms with van der Waals surface area (Å²) in [5.74, 6) is -0.879. The van der Waals surface area contributed by atoms with Crippen LogP contribution in [-0.4, -0.2) is 70.9 Å². The van der Waals surface area contributed by atoms with Gasteiger partial charge >= 0.3 is 0 Å². The molecule has 0 bridgehead atoms. The monoisotopic (exact) mass is 573 g/mol. The Balaban J connectivity index is 1.31. The normalized spacial score (nSPS) is 18.8. The van der Waals surface area contributed by atoms with Crippen molar-refractivity contribution < 1.29 is 23.1 Å². The highest BCUT2D eigenvalue weighted by atomic mass is 32.2. The lowest BCUT2D eigenvalue weighted by Crippen LogP contribution is -2.54. The Bertz CT molecular complexity index is 1620. The molecule has 2 aromatic carbocycles. The molecule has 11 heteroatoms. The number of sulfonamides is 1. The van der Waals surface area contributed by atoms with Crippen LogP contribution >= 0.6 is 0 Å². The molecule has 10 nitrogen and oxygen atoms in total. The lowest BCUT2D eigenvalue weighted by molar-refractivity contribution is -0.124. The van der Waals surface area contributed by atoms with Crippen LogP contribution in [0.3, 0.4) is 0 Å². The number of pyridine rings is 2. The van der Waals surface area contributed by atoms with Gasteiger partial charge in [-0.1, -0.05) is 42.5 Å². The predicted molar refractivity (Wildman–Crippen MR) is 153 cm³/mol. The number of benzene rings is 2. The molecule has 1 aliphatic heterocycles. The van der Waals surface area contributed by atoms with E-state index in [0.717, 1.165) is 16.5 Å². The molecule has 212 valence electrons. The van der Waals surface area contributed by atoms with Gasteiger partial charge in [-0.25, -0.2) is 13.4 Å². The van der Waals surface area contributed by atoms with Gasteiger partial charge in [0.25, 0.3) is 15.9 Å². The van der Waals surface area contributed by atoms with E-state index in [9.17, 15) is 23.1 Å². The zero-order valence-corrected chi connectivity index (χ0v) is 23.1. The van der Waals surface area contributed by atoms with Gasteiger partial charge in [0.2, 0.25) is 5.91 Å². The van der Waals surface area contributed by atoms with Gasteiger partial charge in [0.15, 0.2) is 5.03 Å². The molecule has 1 fully saturated rings. The third kappa shape index (κ3) is 6.76. The van der Waals surface area contributed by atoms with E-state index in [1.165, 1.54) is 16.6 Å². The Labute approximate surface area is 238 Å². The van der Waals surface area contributed by atoms with E-state index in [0.29, 0.717) is 18.4 Å². The van der Waals surface area contributed by atoms with Gasteiger partial charge in [0, 0.05) is 42.9 Å². The van der Waals surface area contributed by atoms with Crippen LogP contribution in [0.4, 0.5) is 0 Å². The topological polar surface area (TPSA) is 142 Å². The standard InChI is InChI=1S/C30H31N5O5S/c36-27-20-35(41(39,40)28-12-4-5-15-32-28)17-7-11-25(27)33-30(38)26(18-21-8-2-1-3-9-21)34-29(37)23-13-14-24-22(19-23)10-6-16-31-24/h1-6,8-10,12-16,19,25-27,36H,7,11,17-18,20H2,(H,33,38)(H,34,37). The molecule has 3 atom stereocenters. The largest absolute Gasteiger partial charge is 0.390 e. The summed E-state index contributed by atoms with van der Waals surface area (Å²) in [4.78, 5) is 35.1. The lowest BCUT2D eigenvalue weighted by atomic mass is 10.0. The number of nitrogens with one attached hydrogen (secondary N) is 2. The Kier molecular flexibility index (Phi) is 8.67. The molecule has 0 aliphatic carbocycles. The van der Waals surface area contributed by atoms with Gasteiger partial charge in [0.1, 0.15) is 6.04 Å². The number of aliphatic hydroxyl groups is 1. The van der Waals surface area contributed by atoms with Crippen LogP contribution in [0.25, 0.3) is 10.9 Å². The molecule has 3 N–H and O–H groups in total. The number of aromatic nitrogens is 2. The molecule has 0 radical (unpaired) electrons. The van der Waals surface area contributed by atoms with Crippen LogP contribution in [0.2, 0.25) is 0 Å². The summed E-state index contributed by atoms with van der Waals surface area (Å²) >= 11 is 0. The first-order valence-electron chi connectivity index (χ1n) is 13.4. The minimum absolute atomic E-state index is 0.0928. The number of rotatable bonds is 8. The van der Waals surface area contributed by atoms with Crippen LogP contribution in [0.15, 0.2) is 96.3 Å². The molecule has 1 saturated heterocycles. The van der Waals surface area contributed by atoms with Crippen molar-refractivity contribution in [2.75, 3.05) is 13.1 Å². The van der Waals surface area contributed by atoms with Crippen LogP contribution in [0, 0.1) is 0 Å². The molecular weight excluding hydrogens is 542 g/mol. The lowest BCUT2D eigenvalue weighted by Gasteiger charge is -2.27. The Morgan fingerprint density at radius 2 is 1.76 bits per heavy atom. The maximum Gasteiger partial charge on any atom is 0.260 e. The molecular formula is C30H31N5O5S. The van der Waals surface area contributed by atoms with Crippen molar-refractivity contribution in [1.82, 2.24) is 24.9 Å².